The molecule has 2 N–H and O–H groups in total. The first-order valence-corrected chi connectivity index (χ1v) is 12.4. The first-order valence-electron chi connectivity index (χ1n) is 10.9. The van der Waals surface area contributed by atoms with E-state index in [1.807, 2.05) is 43.3 Å². The van der Waals surface area contributed by atoms with Crippen LogP contribution in [0.15, 0.2) is 77.7 Å². The van der Waals surface area contributed by atoms with Crippen molar-refractivity contribution < 1.29 is 27.4 Å². The summed E-state index contributed by atoms with van der Waals surface area (Å²) in [6.07, 6.45) is 0.198. The highest BCUT2D eigenvalue weighted by molar-refractivity contribution is 7.89. The molecule has 34 heavy (non-hydrogen) atoms. The van der Waals surface area contributed by atoms with Crippen LogP contribution in [0.2, 0.25) is 0 Å². The van der Waals surface area contributed by atoms with E-state index in [9.17, 15) is 13.2 Å². The molecule has 0 aliphatic carbocycles. The van der Waals surface area contributed by atoms with E-state index in [1.54, 1.807) is 24.3 Å². The largest absolute Gasteiger partial charge is 0.494 e. The number of hydrogen-bond donors (Lipinski definition) is 2. The van der Waals surface area contributed by atoms with Crippen LogP contribution in [0.5, 0.6) is 17.2 Å². The average molecular weight is 483 g/mol. The number of carbonyl (C=O) groups excluding carboxylic acids is 1. The van der Waals surface area contributed by atoms with Gasteiger partial charge in [0, 0.05) is 6.54 Å². The zero-order valence-corrected chi connectivity index (χ0v) is 19.5. The predicted molar refractivity (Wildman–Crippen MR) is 126 cm³/mol. The minimum Gasteiger partial charge on any atom is -0.494 e. The highest BCUT2D eigenvalue weighted by Gasteiger charge is 2.26. The second kappa shape index (κ2) is 10.6. The van der Waals surface area contributed by atoms with Gasteiger partial charge in [-0.3, -0.25) is 4.79 Å². The van der Waals surface area contributed by atoms with Gasteiger partial charge in [-0.05, 0) is 60.9 Å². The van der Waals surface area contributed by atoms with Gasteiger partial charge in [0.05, 0.1) is 11.5 Å². The van der Waals surface area contributed by atoms with Crippen LogP contribution in [0.4, 0.5) is 0 Å². The zero-order chi connectivity index (χ0) is 24.0. The molecule has 0 saturated heterocycles. The fraction of sp³-hybridized carbons (Fsp3) is 0.240. The van der Waals surface area contributed by atoms with Crippen LogP contribution in [0, 0.1) is 0 Å². The molecule has 8 nitrogen and oxygen atoms in total. The van der Waals surface area contributed by atoms with Crippen molar-refractivity contribution in [2.24, 2.45) is 0 Å². The maximum absolute atomic E-state index is 13.1. The molecule has 0 unspecified atom stereocenters. The van der Waals surface area contributed by atoms with E-state index < -0.39 is 22.0 Å². The molecule has 4 rings (SSSR count). The molecule has 1 aliphatic heterocycles. The quantitative estimate of drug-likeness (QED) is 0.461. The van der Waals surface area contributed by atoms with Crippen molar-refractivity contribution >= 4 is 15.9 Å². The summed E-state index contributed by atoms with van der Waals surface area (Å²) >= 11 is 0. The lowest BCUT2D eigenvalue weighted by Gasteiger charge is -2.19. The van der Waals surface area contributed by atoms with Gasteiger partial charge in [0.15, 0.2) is 11.5 Å². The maximum Gasteiger partial charge on any atom is 0.241 e. The van der Waals surface area contributed by atoms with E-state index in [4.69, 9.17) is 14.2 Å². The lowest BCUT2D eigenvalue weighted by Crippen LogP contribution is -2.47. The van der Waals surface area contributed by atoms with Crippen molar-refractivity contribution in [3.63, 3.8) is 0 Å². The van der Waals surface area contributed by atoms with Crippen molar-refractivity contribution in [3.05, 3.63) is 83.9 Å². The van der Waals surface area contributed by atoms with E-state index in [-0.39, 0.29) is 24.7 Å². The first kappa shape index (κ1) is 23.6. The monoisotopic (exact) mass is 482 g/mol. The Bertz CT molecular complexity index is 1230. The fourth-order valence-electron chi connectivity index (χ4n) is 3.54. The van der Waals surface area contributed by atoms with Gasteiger partial charge in [0.1, 0.15) is 11.8 Å². The van der Waals surface area contributed by atoms with Gasteiger partial charge >= 0.3 is 0 Å². The van der Waals surface area contributed by atoms with Gasteiger partial charge in [-0.2, -0.15) is 4.72 Å². The van der Waals surface area contributed by atoms with Crippen LogP contribution in [-0.4, -0.2) is 33.8 Å². The third-order valence-corrected chi connectivity index (χ3v) is 6.73. The molecule has 1 amide bonds. The van der Waals surface area contributed by atoms with E-state index in [0.717, 1.165) is 11.1 Å². The molecular weight excluding hydrogens is 456 g/mol. The summed E-state index contributed by atoms with van der Waals surface area (Å²) in [7, 11) is -3.95. The van der Waals surface area contributed by atoms with Gasteiger partial charge in [0.2, 0.25) is 22.7 Å². The molecule has 0 saturated carbocycles. The minimum absolute atomic E-state index is 0.0533. The minimum atomic E-state index is -3.95. The molecule has 1 heterocycles. The number of nitrogens with one attached hydrogen (secondary N) is 2. The molecule has 0 radical (unpaired) electrons. The lowest BCUT2D eigenvalue weighted by molar-refractivity contribution is -0.122. The van der Waals surface area contributed by atoms with Crippen molar-refractivity contribution in [3.8, 4) is 17.2 Å². The highest BCUT2D eigenvalue weighted by atomic mass is 32.2. The van der Waals surface area contributed by atoms with Gasteiger partial charge in [0.25, 0.3) is 0 Å². The molecule has 0 fully saturated rings. The van der Waals surface area contributed by atoms with Crippen molar-refractivity contribution in [1.29, 1.82) is 0 Å². The predicted octanol–water partition coefficient (Wildman–Crippen LogP) is 3.02. The summed E-state index contributed by atoms with van der Waals surface area (Å²) in [6, 6.07) is 19.7. The Labute approximate surface area is 198 Å². The summed E-state index contributed by atoms with van der Waals surface area (Å²) in [6.45, 7) is 2.71. The summed E-state index contributed by atoms with van der Waals surface area (Å²) in [5.41, 5.74) is 1.64. The van der Waals surface area contributed by atoms with Crippen molar-refractivity contribution in [2.45, 2.75) is 30.8 Å². The van der Waals surface area contributed by atoms with Crippen LogP contribution in [0.3, 0.4) is 0 Å². The number of hydrogen-bond acceptors (Lipinski definition) is 6. The number of rotatable bonds is 10. The lowest BCUT2D eigenvalue weighted by atomic mass is 10.1. The van der Waals surface area contributed by atoms with Crippen LogP contribution in [0.25, 0.3) is 0 Å². The Hall–Kier alpha value is -3.56. The molecular formula is C25H26N2O6S. The summed E-state index contributed by atoms with van der Waals surface area (Å²) in [4.78, 5) is 13.1. The number of carbonyl (C=O) groups is 1. The Kier molecular flexibility index (Phi) is 7.34. The smallest absolute Gasteiger partial charge is 0.241 e. The fourth-order valence-corrected chi connectivity index (χ4v) is 4.73. The topological polar surface area (TPSA) is 103 Å². The van der Waals surface area contributed by atoms with Crippen molar-refractivity contribution in [2.75, 3.05) is 13.4 Å². The van der Waals surface area contributed by atoms with Gasteiger partial charge in [-0.15, -0.1) is 0 Å². The van der Waals surface area contributed by atoms with E-state index in [1.165, 1.54) is 12.1 Å². The Balaban J connectivity index is 1.49. The third kappa shape index (κ3) is 5.86. The van der Waals surface area contributed by atoms with Crippen LogP contribution >= 0.6 is 0 Å². The standard InChI is InChI=1S/C25H26N2O6S/c1-2-31-20-9-11-21(12-10-20)34(29,30)27-22(14-18-6-4-3-5-7-18)25(28)26-16-19-8-13-23-24(15-19)33-17-32-23/h3-13,15,22,27H,2,14,16-17H2,1H3,(H,26,28)/t22-/m0/s1. The Morgan fingerprint density at radius 3 is 2.44 bits per heavy atom. The third-order valence-electron chi connectivity index (χ3n) is 5.25. The molecule has 3 aromatic rings. The first-order chi connectivity index (χ1) is 16.4. The molecule has 1 atom stereocenters. The van der Waals surface area contributed by atoms with Crippen molar-refractivity contribution in [1.82, 2.24) is 10.0 Å². The molecule has 3 aromatic carbocycles. The van der Waals surface area contributed by atoms with E-state index in [0.29, 0.717) is 23.9 Å². The van der Waals surface area contributed by atoms with Gasteiger partial charge in [-0.25, -0.2) is 8.42 Å². The normalized spacial score (nSPS) is 13.3. The van der Waals surface area contributed by atoms with Crippen LogP contribution in [-0.2, 0) is 27.8 Å². The summed E-state index contributed by atoms with van der Waals surface area (Å²) in [5, 5.41) is 2.83. The molecule has 9 heteroatoms. The van der Waals surface area contributed by atoms with E-state index in [2.05, 4.69) is 10.0 Å². The SMILES string of the molecule is CCOc1ccc(S(=O)(=O)N[C@@H](Cc2ccccc2)C(=O)NCc2ccc3c(c2)OCO3)cc1. The molecule has 178 valence electrons. The number of sulfonamides is 1. The van der Waals surface area contributed by atoms with Crippen LogP contribution < -0.4 is 24.2 Å². The van der Waals surface area contributed by atoms with Crippen LogP contribution in [0.1, 0.15) is 18.1 Å². The number of amides is 1. The highest BCUT2D eigenvalue weighted by Crippen LogP contribution is 2.32. The molecule has 1 aliphatic rings. The number of ether oxygens (including phenoxy) is 3. The second-order valence-corrected chi connectivity index (χ2v) is 9.39. The maximum atomic E-state index is 13.1. The Morgan fingerprint density at radius 1 is 0.971 bits per heavy atom. The second-order valence-electron chi connectivity index (χ2n) is 7.67. The van der Waals surface area contributed by atoms with Gasteiger partial charge < -0.3 is 19.5 Å². The number of fused-ring (bicyclic) bond motifs is 1. The summed E-state index contributed by atoms with van der Waals surface area (Å²) in [5.74, 6) is 1.41. The molecule has 0 aromatic heterocycles. The zero-order valence-electron chi connectivity index (χ0n) is 18.7. The molecule has 0 bridgehead atoms. The van der Waals surface area contributed by atoms with E-state index >= 15 is 0 Å². The average Bonchev–Trinajstić information content (AvgIpc) is 3.31. The Morgan fingerprint density at radius 2 is 1.71 bits per heavy atom. The number of benzene rings is 3. The summed E-state index contributed by atoms with van der Waals surface area (Å²) < 4.78 is 44.7. The van der Waals surface area contributed by atoms with Gasteiger partial charge in [-0.1, -0.05) is 36.4 Å². The molecule has 0 spiro atoms.